The van der Waals surface area contributed by atoms with Crippen LogP contribution in [0.3, 0.4) is 0 Å². The maximum absolute atomic E-state index is 13.0. The molecule has 0 aliphatic heterocycles. The van der Waals surface area contributed by atoms with Gasteiger partial charge in [-0.3, -0.25) is 14.0 Å². The smallest absolute Gasteiger partial charge is 0.497 e. The molecule has 2 aromatic heterocycles. The highest BCUT2D eigenvalue weighted by Crippen LogP contribution is 2.32. The fourth-order valence-electron chi connectivity index (χ4n) is 5.35. The van der Waals surface area contributed by atoms with E-state index in [-0.39, 0.29) is 30.4 Å². The van der Waals surface area contributed by atoms with E-state index < -0.39 is 23.8 Å². The highest BCUT2D eigenvalue weighted by molar-refractivity contribution is 6.32. The topological polar surface area (TPSA) is 138 Å². The van der Waals surface area contributed by atoms with Crippen molar-refractivity contribution in [2.45, 2.75) is 58.7 Å². The fraction of sp³-hybridized carbons (Fsp3) is 0.361. The van der Waals surface area contributed by atoms with E-state index in [2.05, 4.69) is 30.7 Å². The van der Waals surface area contributed by atoms with E-state index in [1.165, 1.54) is 17.0 Å². The first kappa shape index (κ1) is 38.7. The number of fused-ring (bicyclic) bond motifs is 1. The molecule has 0 atom stereocenters. The van der Waals surface area contributed by atoms with E-state index in [1.54, 1.807) is 45.1 Å². The molecular formula is C36H40ClF3N8O5. The molecule has 0 aliphatic rings. The molecule has 13 nitrogen and oxygen atoms in total. The Hall–Kier alpha value is -5.51. The number of carbonyl (C=O) groups excluding carboxylic acids is 2. The van der Waals surface area contributed by atoms with Gasteiger partial charge in [0.25, 0.3) is 0 Å². The van der Waals surface area contributed by atoms with Crippen LogP contribution in [0, 0.1) is 0 Å². The van der Waals surface area contributed by atoms with Gasteiger partial charge in [-0.25, -0.2) is 4.79 Å². The Kier molecular flexibility index (Phi) is 12.3. The molecule has 17 heteroatoms. The highest BCUT2D eigenvalue weighted by Gasteiger charge is 2.32. The number of benzene rings is 3. The van der Waals surface area contributed by atoms with E-state index >= 15 is 0 Å². The van der Waals surface area contributed by atoms with Crippen molar-refractivity contribution < 1.29 is 37.0 Å². The van der Waals surface area contributed by atoms with Crippen molar-refractivity contribution in [2.75, 3.05) is 32.1 Å². The fourth-order valence-corrected chi connectivity index (χ4v) is 5.60. The predicted octanol–water partition coefficient (Wildman–Crippen LogP) is 6.97. The van der Waals surface area contributed by atoms with E-state index in [4.69, 9.17) is 21.1 Å². The summed E-state index contributed by atoms with van der Waals surface area (Å²) in [6.07, 6.45) is -0.0124. The van der Waals surface area contributed by atoms with Gasteiger partial charge in [-0.1, -0.05) is 29.8 Å². The number of nitrogens with one attached hydrogen (secondary N) is 2. The molecule has 5 aromatic rings. The number of anilines is 1. The first-order valence-electron chi connectivity index (χ1n) is 16.7. The quantitative estimate of drug-likeness (QED) is 0.109. The number of hydrogen-bond donors (Lipinski definition) is 2. The first-order valence-corrected chi connectivity index (χ1v) is 17.1. The van der Waals surface area contributed by atoms with Crippen LogP contribution < -0.4 is 20.1 Å². The second kappa shape index (κ2) is 16.9. The first-order chi connectivity index (χ1) is 25.2. The van der Waals surface area contributed by atoms with Crippen LogP contribution in [0.2, 0.25) is 5.02 Å². The van der Waals surface area contributed by atoms with Gasteiger partial charge in [0, 0.05) is 38.0 Å². The van der Waals surface area contributed by atoms with E-state index in [1.807, 2.05) is 47.3 Å². The lowest BCUT2D eigenvalue weighted by molar-refractivity contribution is -0.274. The lowest BCUT2D eigenvalue weighted by Gasteiger charge is -2.27. The third-order valence-corrected chi connectivity index (χ3v) is 8.07. The van der Waals surface area contributed by atoms with Crippen LogP contribution in [-0.4, -0.2) is 80.2 Å². The Bertz CT molecular complexity index is 2000. The highest BCUT2D eigenvalue weighted by atomic mass is 35.5. The Morgan fingerprint density at radius 2 is 1.68 bits per heavy atom. The molecule has 2 amide bonds. The van der Waals surface area contributed by atoms with Gasteiger partial charge in [0.15, 0.2) is 0 Å². The van der Waals surface area contributed by atoms with Gasteiger partial charge < -0.3 is 29.7 Å². The van der Waals surface area contributed by atoms with Crippen molar-refractivity contribution in [2.24, 2.45) is 0 Å². The average Bonchev–Trinajstić information content (AvgIpc) is 3.78. The normalized spacial score (nSPS) is 11.7. The molecule has 0 aliphatic carbocycles. The molecule has 0 saturated carbocycles. The Labute approximate surface area is 309 Å². The molecule has 0 fully saturated rings. The van der Waals surface area contributed by atoms with E-state index in [9.17, 15) is 22.8 Å². The zero-order valence-corrected chi connectivity index (χ0v) is 30.4. The zero-order chi connectivity index (χ0) is 38.2. The molecule has 0 radical (unpaired) electrons. The van der Waals surface area contributed by atoms with Crippen molar-refractivity contribution in [1.82, 2.24) is 34.8 Å². The SMILES string of the molecule is COc1ccc(Cn2ncc3cc(-n4cnnc4)cc(NCCCNC(=O)CCN(Cc4ccc(OC(F)(F)F)c(Cl)c4)C(=O)OC(C)(C)C)c32)cc1. The van der Waals surface area contributed by atoms with Crippen molar-refractivity contribution >= 4 is 40.2 Å². The summed E-state index contributed by atoms with van der Waals surface area (Å²) in [6.45, 7) is 6.45. The minimum Gasteiger partial charge on any atom is -0.497 e. The number of hydrogen-bond acceptors (Lipinski definition) is 9. The molecule has 5 rings (SSSR count). The number of amides is 2. The summed E-state index contributed by atoms with van der Waals surface area (Å²) in [7, 11) is 1.62. The van der Waals surface area contributed by atoms with E-state index in [0.717, 1.165) is 39.7 Å². The van der Waals surface area contributed by atoms with Gasteiger partial charge in [0.2, 0.25) is 5.91 Å². The van der Waals surface area contributed by atoms with Gasteiger partial charge in [0.1, 0.15) is 29.8 Å². The second-order valence-corrected chi connectivity index (χ2v) is 13.5. The van der Waals surface area contributed by atoms with Gasteiger partial charge >= 0.3 is 12.5 Å². The summed E-state index contributed by atoms with van der Waals surface area (Å²) in [4.78, 5) is 27.2. The van der Waals surface area contributed by atoms with Gasteiger partial charge in [0.05, 0.1) is 41.8 Å². The summed E-state index contributed by atoms with van der Waals surface area (Å²) >= 11 is 6.01. The minimum absolute atomic E-state index is 0.0104. The number of aromatic nitrogens is 5. The van der Waals surface area contributed by atoms with Crippen molar-refractivity contribution in [3.05, 3.63) is 89.6 Å². The summed E-state index contributed by atoms with van der Waals surface area (Å²) < 4.78 is 56.5. The Balaban J connectivity index is 1.19. The lowest BCUT2D eigenvalue weighted by Crippen LogP contribution is -2.39. The largest absolute Gasteiger partial charge is 0.573 e. The molecule has 0 spiro atoms. The monoisotopic (exact) mass is 756 g/mol. The summed E-state index contributed by atoms with van der Waals surface area (Å²) in [5.41, 5.74) is 3.26. The van der Waals surface area contributed by atoms with Crippen LogP contribution in [0.1, 0.15) is 44.7 Å². The van der Waals surface area contributed by atoms with Crippen LogP contribution >= 0.6 is 11.6 Å². The van der Waals surface area contributed by atoms with Crippen LogP contribution in [0.5, 0.6) is 11.5 Å². The van der Waals surface area contributed by atoms with E-state index in [0.29, 0.717) is 31.6 Å². The molecular weight excluding hydrogens is 717 g/mol. The van der Waals surface area contributed by atoms with Crippen molar-refractivity contribution in [1.29, 1.82) is 0 Å². The second-order valence-electron chi connectivity index (χ2n) is 13.0. The average molecular weight is 757 g/mol. The summed E-state index contributed by atoms with van der Waals surface area (Å²) in [6, 6.07) is 15.5. The number of carbonyl (C=O) groups is 2. The van der Waals surface area contributed by atoms with Gasteiger partial charge in [-0.05, 0) is 74.7 Å². The lowest BCUT2D eigenvalue weighted by atomic mass is 10.1. The maximum Gasteiger partial charge on any atom is 0.573 e. The zero-order valence-electron chi connectivity index (χ0n) is 29.6. The van der Waals surface area contributed by atoms with Crippen LogP contribution in [0.25, 0.3) is 16.6 Å². The number of alkyl halides is 3. The minimum atomic E-state index is -4.91. The maximum atomic E-state index is 13.0. The van der Waals surface area contributed by atoms with Crippen LogP contribution in [0.4, 0.5) is 23.7 Å². The Morgan fingerprint density at radius 3 is 2.34 bits per heavy atom. The third-order valence-electron chi connectivity index (χ3n) is 7.77. The molecule has 0 saturated heterocycles. The molecule has 3 aromatic carbocycles. The van der Waals surface area contributed by atoms with Crippen LogP contribution in [0.15, 0.2) is 73.4 Å². The number of nitrogens with zero attached hydrogens (tertiary/aromatic N) is 6. The summed E-state index contributed by atoms with van der Waals surface area (Å²) in [5, 5.41) is 19.5. The number of ether oxygens (including phenoxy) is 3. The standard InChI is InChI=1S/C36H40ClF3N8O5/c1-35(2,3)53-34(50)46(20-25-8-11-31(29(37)16-25)52-36(38,39)40)15-12-32(49)42-14-5-13-41-30-18-27(47-22-43-44-23-47)17-26-19-45-48(33(26)30)21-24-6-9-28(51-4)10-7-24/h6-11,16-19,22-23,41H,5,12-15,20-21H2,1-4H3,(H,42,49). The number of halogens is 4. The van der Waals surface area contributed by atoms with Crippen LogP contribution in [-0.2, 0) is 22.6 Å². The number of methoxy groups -OCH3 is 1. The predicted molar refractivity (Wildman–Crippen MR) is 192 cm³/mol. The third kappa shape index (κ3) is 11.2. The van der Waals surface area contributed by atoms with Gasteiger partial charge in [-0.2, -0.15) is 5.10 Å². The molecule has 0 unspecified atom stereocenters. The molecule has 2 N–H and O–H groups in total. The summed E-state index contributed by atoms with van der Waals surface area (Å²) in [5.74, 6) is -0.0857. The van der Waals surface area contributed by atoms with Crippen molar-refractivity contribution in [3.8, 4) is 17.2 Å². The molecule has 282 valence electrons. The molecule has 53 heavy (non-hydrogen) atoms. The molecule has 2 heterocycles. The van der Waals surface area contributed by atoms with Gasteiger partial charge in [-0.15, -0.1) is 23.4 Å². The Morgan fingerprint density at radius 1 is 0.962 bits per heavy atom. The van der Waals surface area contributed by atoms with Crippen molar-refractivity contribution in [3.63, 3.8) is 0 Å². The number of rotatable bonds is 15. The molecule has 0 bridgehead atoms.